The minimum atomic E-state index is -0.863. The highest BCUT2D eigenvalue weighted by Gasteiger charge is 2.38. The second-order valence-corrected chi connectivity index (χ2v) is 10.9. The molecule has 0 bridgehead atoms. The second kappa shape index (κ2) is 9.09. The van der Waals surface area contributed by atoms with Gasteiger partial charge in [-0.25, -0.2) is 0 Å². The summed E-state index contributed by atoms with van der Waals surface area (Å²) in [6, 6.07) is 21.0. The number of hydrogen-bond donors (Lipinski definition) is 0. The van der Waals surface area contributed by atoms with Crippen molar-refractivity contribution in [2.75, 3.05) is 0 Å². The van der Waals surface area contributed by atoms with Crippen molar-refractivity contribution in [3.8, 4) is 11.1 Å². The van der Waals surface area contributed by atoms with Crippen molar-refractivity contribution >= 4 is 33.9 Å². The molecule has 6 rings (SSSR count). The van der Waals surface area contributed by atoms with Gasteiger partial charge in [0.1, 0.15) is 0 Å². The summed E-state index contributed by atoms with van der Waals surface area (Å²) in [6.45, 7) is 9.14. The highest BCUT2D eigenvalue weighted by molar-refractivity contribution is 6.33. The van der Waals surface area contributed by atoms with E-state index in [0.29, 0.717) is 45.0 Å². The first-order chi connectivity index (χ1) is 18.7. The van der Waals surface area contributed by atoms with Crippen LogP contribution in [0, 0.1) is 11.8 Å². The number of hydrogen-bond acceptors (Lipinski definition) is 4. The van der Waals surface area contributed by atoms with Crippen LogP contribution in [0.15, 0.2) is 78.9 Å². The van der Waals surface area contributed by atoms with Gasteiger partial charge in [0, 0.05) is 33.0 Å². The molecule has 1 atom stereocenters. The molecular weight excluding hydrogens is 484 g/mol. The smallest absolute Gasteiger partial charge is 0.189 e. The molecule has 0 saturated carbocycles. The van der Waals surface area contributed by atoms with E-state index in [1.165, 1.54) is 29.2 Å². The van der Waals surface area contributed by atoms with Gasteiger partial charge in [-0.1, -0.05) is 69.0 Å². The first-order valence-corrected chi connectivity index (χ1v) is 13.3. The molecule has 0 spiro atoms. The summed E-state index contributed by atoms with van der Waals surface area (Å²) >= 11 is 0. The Morgan fingerprint density at radius 3 is 2.08 bits per heavy atom. The van der Waals surface area contributed by atoms with Gasteiger partial charge in [-0.2, -0.15) is 0 Å². The van der Waals surface area contributed by atoms with Gasteiger partial charge in [0.25, 0.3) is 0 Å². The summed E-state index contributed by atoms with van der Waals surface area (Å²) < 4.78 is 0. The normalized spacial score (nSPS) is 15.4. The maximum Gasteiger partial charge on any atom is 0.189 e. The molecule has 39 heavy (non-hydrogen) atoms. The molecule has 1 unspecified atom stereocenters. The summed E-state index contributed by atoms with van der Waals surface area (Å²) in [4.78, 5) is 53.6. The van der Waals surface area contributed by atoms with E-state index in [0.717, 1.165) is 12.0 Å². The fourth-order valence-electron chi connectivity index (χ4n) is 6.06. The molecule has 0 saturated heterocycles. The Morgan fingerprint density at radius 1 is 0.795 bits per heavy atom. The Bertz CT molecular complexity index is 1760. The zero-order chi connectivity index (χ0) is 27.6. The minimum Gasteiger partial charge on any atom is -0.294 e. The molecule has 2 aliphatic carbocycles. The van der Waals surface area contributed by atoms with Crippen LogP contribution in [-0.2, 0) is 12.8 Å². The Hall–Kier alpha value is -4.44. The Morgan fingerprint density at radius 2 is 1.41 bits per heavy atom. The minimum absolute atomic E-state index is 0.0862. The molecule has 0 aromatic heterocycles. The number of carbonyl (C=O) groups is 4. The van der Waals surface area contributed by atoms with Gasteiger partial charge in [0.05, 0.1) is 5.92 Å². The molecule has 2 aliphatic rings. The second-order valence-electron chi connectivity index (χ2n) is 10.9. The molecule has 4 aromatic carbocycles. The van der Waals surface area contributed by atoms with Crippen LogP contribution in [0.4, 0.5) is 0 Å². The van der Waals surface area contributed by atoms with E-state index < -0.39 is 5.92 Å². The molecule has 4 aromatic rings. The van der Waals surface area contributed by atoms with Gasteiger partial charge in [0.15, 0.2) is 23.1 Å². The number of allylic oxidation sites excluding steroid dienone is 1. The fraction of sp³-hybridized carbons (Fsp3) is 0.200. The maximum atomic E-state index is 13.8. The summed E-state index contributed by atoms with van der Waals surface area (Å²) in [5.74, 6) is -2.01. The number of carbonyl (C=O) groups excluding carboxylic acids is 4. The number of fused-ring (bicyclic) bond motifs is 3. The molecule has 4 heteroatoms. The summed E-state index contributed by atoms with van der Waals surface area (Å²) in [7, 11) is 0. The van der Waals surface area contributed by atoms with Crippen molar-refractivity contribution in [3.63, 3.8) is 0 Å². The molecular formula is C35H28O4. The van der Waals surface area contributed by atoms with Crippen LogP contribution < -0.4 is 0 Å². The van der Waals surface area contributed by atoms with Crippen molar-refractivity contribution in [3.05, 3.63) is 118 Å². The lowest BCUT2D eigenvalue weighted by atomic mass is 9.75. The monoisotopic (exact) mass is 512 g/mol. The van der Waals surface area contributed by atoms with Crippen LogP contribution in [0.25, 0.3) is 21.9 Å². The van der Waals surface area contributed by atoms with Crippen molar-refractivity contribution in [1.29, 1.82) is 0 Å². The SMILES string of the molecule is C=C(C(=O)c1ccc2c3c(ccc(C(C)=O)c13)C(=O)C(Cc1ccc3c(c1)Cc1ccccc1-3)C2=O)C(C)C. The van der Waals surface area contributed by atoms with Gasteiger partial charge < -0.3 is 0 Å². The van der Waals surface area contributed by atoms with Crippen LogP contribution in [-0.4, -0.2) is 23.1 Å². The number of Topliss-reactive ketones (excluding diaryl/α,β-unsaturated/α-hetero) is 4. The fourth-order valence-corrected chi connectivity index (χ4v) is 6.06. The average molecular weight is 513 g/mol. The third kappa shape index (κ3) is 3.82. The van der Waals surface area contributed by atoms with Crippen molar-refractivity contribution in [2.45, 2.75) is 33.6 Å². The molecule has 0 amide bonds. The predicted octanol–water partition coefficient (Wildman–Crippen LogP) is 7.25. The number of benzene rings is 4. The summed E-state index contributed by atoms with van der Waals surface area (Å²) in [5, 5.41) is 0.778. The molecule has 0 radical (unpaired) electrons. The first-order valence-electron chi connectivity index (χ1n) is 13.3. The highest BCUT2D eigenvalue weighted by Crippen LogP contribution is 2.40. The van der Waals surface area contributed by atoms with E-state index in [1.807, 2.05) is 32.0 Å². The van der Waals surface area contributed by atoms with E-state index in [4.69, 9.17) is 0 Å². The number of rotatable bonds is 6. The lowest BCUT2D eigenvalue weighted by Gasteiger charge is -2.25. The van der Waals surface area contributed by atoms with Crippen molar-refractivity contribution < 1.29 is 19.2 Å². The van der Waals surface area contributed by atoms with Crippen molar-refractivity contribution in [2.24, 2.45) is 11.8 Å². The maximum absolute atomic E-state index is 13.8. The summed E-state index contributed by atoms with van der Waals surface area (Å²) in [5.41, 5.74) is 7.65. The number of ketones is 4. The van der Waals surface area contributed by atoms with Gasteiger partial charge in [0.2, 0.25) is 0 Å². The van der Waals surface area contributed by atoms with E-state index >= 15 is 0 Å². The molecule has 0 heterocycles. The first kappa shape index (κ1) is 24.9. The van der Waals surface area contributed by atoms with Crippen LogP contribution in [0.2, 0.25) is 0 Å². The van der Waals surface area contributed by atoms with Crippen LogP contribution in [0.3, 0.4) is 0 Å². The molecule has 4 nitrogen and oxygen atoms in total. The molecule has 192 valence electrons. The van der Waals surface area contributed by atoms with E-state index in [2.05, 4.69) is 30.8 Å². The Labute approximate surface area is 227 Å². The molecule has 0 fully saturated rings. The van der Waals surface area contributed by atoms with Gasteiger partial charge >= 0.3 is 0 Å². The predicted molar refractivity (Wildman–Crippen MR) is 153 cm³/mol. The Balaban J connectivity index is 1.43. The lowest BCUT2D eigenvalue weighted by Crippen LogP contribution is -2.31. The van der Waals surface area contributed by atoms with Gasteiger partial charge in [-0.05, 0) is 77.3 Å². The zero-order valence-corrected chi connectivity index (χ0v) is 22.3. The quantitative estimate of drug-likeness (QED) is 0.137. The van der Waals surface area contributed by atoms with Crippen LogP contribution >= 0.6 is 0 Å². The van der Waals surface area contributed by atoms with Crippen LogP contribution in [0.5, 0.6) is 0 Å². The van der Waals surface area contributed by atoms with Gasteiger partial charge in [-0.15, -0.1) is 0 Å². The van der Waals surface area contributed by atoms with Crippen molar-refractivity contribution in [1.82, 2.24) is 0 Å². The third-order valence-corrected chi connectivity index (χ3v) is 8.23. The average Bonchev–Trinajstić information content (AvgIpc) is 3.30. The van der Waals surface area contributed by atoms with E-state index in [-0.39, 0.29) is 29.1 Å². The van der Waals surface area contributed by atoms with E-state index in [1.54, 1.807) is 24.3 Å². The standard InChI is InChI=1S/C35H28O4/c1-18(2)19(3)33(37)27-13-14-29-32-28(12-11-24(20(4)36)31(27)32)34(38)30(35(29)39)16-21-9-10-26-23(15-21)17-22-7-5-6-8-25(22)26/h5-15,18,30H,3,16-17H2,1-2,4H3. The topological polar surface area (TPSA) is 68.3 Å². The van der Waals surface area contributed by atoms with E-state index in [9.17, 15) is 19.2 Å². The largest absolute Gasteiger partial charge is 0.294 e. The van der Waals surface area contributed by atoms with Crippen LogP contribution in [0.1, 0.15) is 78.9 Å². The molecule has 0 N–H and O–H groups in total. The Kier molecular flexibility index (Phi) is 5.80. The van der Waals surface area contributed by atoms with Gasteiger partial charge in [-0.3, -0.25) is 19.2 Å². The highest BCUT2D eigenvalue weighted by atomic mass is 16.2. The molecule has 0 aliphatic heterocycles. The third-order valence-electron chi connectivity index (χ3n) is 8.23. The summed E-state index contributed by atoms with van der Waals surface area (Å²) in [6.07, 6.45) is 1.13. The lowest BCUT2D eigenvalue weighted by molar-refractivity contribution is 0.0800. The zero-order valence-electron chi connectivity index (χ0n) is 22.3.